The van der Waals surface area contributed by atoms with Crippen molar-refractivity contribution in [2.45, 2.75) is 31.7 Å². The topological polar surface area (TPSA) is 74.2 Å². The number of nitrogens with zero attached hydrogens (tertiary/aromatic N) is 2. The van der Waals surface area contributed by atoms with Crippen LogP contribution in [0.1, 0.15) is 47.4 Å². The molecule has 4 rings (SSSR count). The number of nitrogens with one attached hydrogen (secondary N) is 1. The third-order valence-electron chi connectivity index (χ3n) is 6.63. The largest absolute Gasteiger partial charge is 0.503 e. The fourth-order valence-electron chi connectivity index (χ4n) is 4.49. The van der Waals surface area contributed by atoms with Gasteiger partial charge in [0.15, 0.2) is 5.76 Å². The highest BCUT2D eigenvalue weighted by atomic mass is 19.1. The van der Waals surface area contributed by atoms with Gasteiger partial charge < -0.3 is 15.2 Å². The molecule has 2 aromatic carbocycles. The molecule has 0 radical (unpaired) electrons. The van der Waals surface area contributed by atoms with Crippen LogP contribution in [0.25, 0.3) is 0 Å². The Morgan fingerprint density at radius 2 is 1.84 bits per heavy atom. The Morgan fingerprint density at radius 1 is 1.11 bits per heavy atom. The first-order chi connectivity index (χ1) is 18.5. The molecule has 1 atom stereocenters. The van der Waals surface area contributed by atoms with Crippen LogP contribution in [0, 0.1) is 17.7 Å². The predicted octanol–water partition coefficient (Wildman–Crippen LogP) is 4.29. The number of carbonyl (C=O) groups excluding carboxylic acids is 1. The van der Waals surface area contributed by atoms with Crippen LogP contribution >= 0.6 is 0 Å². The molecule has 2 heterocycles. The van der Waals surface area contributed by atoms with Gasteiger partial charge in [0.25, 0.3) is 0 Å². The normalized spacial score (nSPS) is 16.8. The fourth-order valence-corrected chi connectivity index (χ4v) is 4.49. The van der Waals surface area contributed by atoms with Gasteiger partial charge in [-0.15, -0.1) is 0 Å². The predicted molar refractivity (Wildman–Crippen MR) is 144 cm³/mol. The molecular formula is C30H33F2N3O3. The van der Waals surface area contributed by atoms with Gasteiger partial charge in [-0.2, -0.15) is 0 Å². The van der Waals surface area contributed by atoms with E-state index in [0.717, 1.165) is 38.4 Å². The first-order valence-corrected chi connectivity index (χ1v) is 13.0. The first kappa shape index (κ1) is 27.6. The van der Waals surface area contributed by atoms with Crippen molar-refractivity contribution in [2.75, 3.05) is 46.1 Å². The molecule has 2 N–H and O–H groups in total. The molecule has 0 aliphatic carbocycles. The van der Waals surface area contributed by atoms with E-state index >= 15 is 4.39 Å². The first-order valence-electron chi connectivity index (χ1n) is 13.0. The third-order valence-corrected chi connectivity index (χ3v) is 6.63. The highest BCUT2D eigenvalue weighted by molar-refractivity contribution is 6.03. The number of ether oxygens (including phenoxy) is 1. The smallest absolute Gasteiger partial charge is 0.204 e. The lowest BCUT2D eigenvalue weighted by Crippen LogP contribution is -2.35. The van der Waals surface area contributed by atoms with E-state index in [4.69, 9.17) is 4.74 Å². The van der Waals surface area contributed by atoms with Crippen molar-refractivity contribution in [3.05, 3.63) is 82.0 Å². The van der Waals surface area contributed by atoms with Crippen molar-refractivity contribution in [2.24, 2.45) is 4.99 Å². The molecule has 1 fully saturated rings. The monoisotopic (exact) mass is 521 g/mol. The summed E-state index contributed by atoms with van der Waals surface area (Å²) >= 11 is 0. The summed E-state index contributed by atoms with van der Waals surface area (Å²) in [6, 6.07) is 12.9. The van der Waals surface area contributed by atoms with E-state index in [0.29, 0.717) is 30.6 Å². The van der Waals surface area contributed by atoms with Crippen LogP contribution in [0.4, 0.5) is 8.78 Å². The molecule has 38 heavy (non-hydrogen) atoms. The zero-order valence-corrected chi connectivity index (χ0v) is 21.4. The van der Waals surface area contributed by atoms with E-state index < -0.39 is 24.2 Å². The van der Waals surface area contributed by atoms with E-state index in [9.17, 15) is 14.3 Å². The number of aliphatic imine (C=N–C) groups is 1. The summed E-state index contributed by atoms with van der Waals surface area (Å²) in [5.41, 5.74) is 3.26. The Bertz CT molecular complexity index is 1230. The Hall–Kier alpha value is -3.38. The van der Waals surface area contributed by atoms with Gasteiger partial charge in [0, 0.05) is 62.3 Å². The average Bonchev–Trinajstić information content (AvgIpc) is 2.93. The van der Waals surface area contributed by atoms with E-state index in [2.05, 4.69) is 39.2 Å². The molecular weight excluding hydrogens is 488 g/mol. The Morgan fingerprint density at radius 3 is 2.58 bits per heavy atom. The maximum atomic E-state index is 15.3. The third kappa shape index (κ3) is 7.81. The quantitative estimate of drug-likeness (QED) is 0.361. The average molecular weight is 522 g/mol. The van der Waals surface area contributed by atoms with Gasteiger partial charge in [-0.25, -0.2) is 4.39 Å². The molecule has 0 aromatic heterocycles. The summed E-state index contributed by atoms with van der Waals surface area (Å²) in [4.78, 5) is 18.4. The zero-order valence-electron chi connectivity index (χ0n) is 21.4. The lowest BCUT2D eigenvalue weighted by atomic mass is 9.91. The Kier molecular flexibility index (Phi) is 10.2. The SMILES string of the molecule is O=C1CC=NC(C[C@H](CNCCCF)c2ccc(C#Cc3ccc(CN4CCOCC4)cc3)cc2F)=C1O. The molecule has 2 aliphatic heterocycles. The number of rotatable bonds is 10. The minimum absolute atomic E-state index is 0.0487. The lowest BCUT2D eigenvalue weighted by molar-refractivity contribution is -0.117. The second kappa shape index (κ2) is 14.0. The molecule has 2 aromatic rings. The molecule has 2 aliphatic rings. The fraction of sp³-hybridized carbons (Fsp3) is 0.400. The van der Waals surface area contributed by atoms with Crippen LogP contribution < -0.4 is 5.32 Å². The number of carbonyl (C=O) groups is 1. The van der Waals surface area contributed by atoms with E-state index in [1.807, 2.05) is 12.1 Å². The number of morpholine rings is 1. The van der Waals surface area contributed by atoms with Crippen molar-refractivity contribution < 1.29 is 23.4 Å². The van der Waals surface area contributed by atoms with E-state index in [1.165, 1.54) is 17.8 Å². The van der Waals surface area contributed by atoms with Crippen molar-refractivity contribution in [3.63, 3.8) is 0 Å². The van der Waals surface area contributed by atoms with Gasteiger partial charge in [-0.1, -0.05) is 30.0 Å². The highest BCUT2D eigenvalue weighted by Crippen LogP contribution is 2.29. The van der Waals surface area contributed by atoms with Crippen molar-refractivity contribution in [1.82, 2.24) is 10.2 Å². The summed E-state index contributed by atoms with van der Waals surface area (Å²) in [5, 5.41) is 13.3. The Balaban J connectivity index is 1.45. The van der Waals surface area contributed by atoms with E-state index in [1.54, 1.807) is 12.1 Å². The minimum Gasteiger partial charge on any atom is -0.503 e. The van der Waals surface area contributed by atoms with Gasteiger partial charge in [-0.05, 0) is 48.4 Å². The van der Waals surface area contributed by atoms with Crippen molar-refractivity contribution in [1.29, 1.82) is 0 Å². The number of hydrogen-bond donors (Lipinski definition) is 2. The second-order valence-corrected chi connectivity index (χ2v) is 9.45. The van der Waals surface area contributed by atoms with Gasteiger partial charge >= 0.3 is 0 Å². The van der Waals surface area contributed by atoms with Gasteiger partial charge in [0.05, 0.1) is 25.6 Å². The van der Waals surface area contributed by atoms with Crippen molar-refractivity contribution in [3.8, 4) is 11.8 Å². The molecule has 8 heteroatoms. The molecule has 1 saturated heterocycles. The number of aliphatic hydroxyl groups is 1. The van der Waals surface area contributed by atoms with Gasteiger partial charge in [0.2, 0.25) is 5.78 Å². The van der Waals surface area contributed by atoms with Crippen LogP contribution in [-0.4, -0.2) is 68.1 Å². The number of Topliss-reactive ketones (excluding diaryl/α,β-unsaturated/α-hetero) is 1. The molecule has 200 valence electrons. The highest BCUT2D eigenvalue weighted by Gasteiger charge is 2.23. The van der Waals surface area contributed by atoms with Crippen LogP contribution in [0.2, 0.25) is 0 Å². The van der Waals surface area contributed by atoms with Crippen LogP contribution in [0.5, 0.6) is 0 Å². The zero-order chi connectivity index (χ0) is 26.7. The minimum atomic E-state index is -0.444. The summed E-state index contributed by atoms with van der Waals surface area (Å²) in [6.45, 7) is 4.62. The summed E-state index contributed by atoms with van der Waals surface area (Å²) < 4.78 is 33.2. The maximum Gasteiger partial charge on any atom is 0.204 e. The van der Waals surface area contributed by atoms with Crippen LogP contribution in [-0.2, 0) is 16.1 Å². The van der Waals surface area contributed by atoms with Crippen LogP contribution in [0.15, 0.2) is 58.9 Å². The number of halogens is 2. The number of alkyl halides is 1. The maximum absolute atomic E-state index is 15.3. The standard InChI is InChI=1S/C30H33F2N3O3/c31-11-1-12-33-20-25(19-28-30(37)29(36)10-13-34-28)26-9-8-23(18-27(26)32)5-2-22-3-6-24(7-4-22)21-35-14-16-38-17-15-35/h3-4,6-9,13,18,25,33,37H,1,10-12,14-17,19-21H2/t25-/m1/s1. The summed E-state index contributed by atoms with van der Waals surface area (Å²) in [5.74, 6) is 4.51. The molecule has 0 bridgehead atoms. The number of allylic oxidation sites excluding steroid dienone is 2. The second-order valence-electron chi connectivity index (χ2n) is 9.45. The molecule has 0 spiro atoms. The lowest BCUT2D eigenvalue weighted by Gasteiger charge is -2.26. The van der Waals surface area contributed by atoms with Gasteiger partial charge in [-0.3, -0.25) is 19.1 Å². The van der Waals surface area contributed by atoms with E-state index in [-0.39, 0.29) is 24.3 Å². The number of aliphatic hydroxyl groups excluding tert-OH is 1. The Labute approximate surface area is 222 Å². The van der Waals surface area contributed by atoms with Crippen LogP contribution in [0.3, 0.4) is 0 Å². The summed E-state index contributed by atoms with van der Waals surface area (Å²) in [7, 11) is 0. The number of hydrogen-bond acceptors (Lipinski definition) is 6. The number of benzene rings is 2. The molecule has 0 amide bonds. The molecule has 0 unspecified atom stereocenters. The molecule has 0 saturated carbocycles. The summed E-state index contributed by atoms with van der Waals surface area (Å²) in [6.07, 6.45) is 2.03. The van der Waals surface area contributed by atoms with Crippen molar-refractivity contribution >= 4 is 12.0 Å². The molecule has 6 nitrogen and oxygen atoms in total. The van der Waals surface area contributed by atoms with Gasteiger partial charge in [0.1, 0.15) is 5.82 Å². The number of ketones is 1.